The molecule has 34 heavy (non-hydrogen) atoms. The van der Waals surface area contributed by atoms with Crippen molar-refractivity contribution in [3.8, 4) is 0 Å². The van der Waals surface area contributed by atoms with Crippen LogP contribution in [-0.4, -0.2) is 65.3 Å². The molecule has 9 nitrogen and oxygen atoms in total. The molecule has 2 aromatic carbocycles. The van der Waals surface area contributed by atoms with Gasteiger partial charge in [0.25, 0.3) is 0 Å². The third-order valence-electron chi connectivity index (χ3n) is 6.27. The van der Waals surface area contributed by atoms with E-state index in [-0.39, 0.29) is 10.8 Å². The van der Waals surface area contributed by atoms with E-state index in [1.54, 1.807) is 23.1 Å². The minimum Gasteiger partial charge on any atom is -0.377 e. The third kappa shape index (κ3) is 6.25. The molecule has 10 heteroatoms. The summed E-state index contributed by atoms with van der Waals surface area (Å²) in [5.74, 6) is 5.59. The van der Waals surface area contributed by atoms with Gasteiger partial charge in [0.15, 0.2) is 0 Å². The van der Waals surface area contributed by atoms with Crippen LogP contribution < -0.4 is 20.9 Å². The first-order valence-corrected chi connectivity index (χ1v) is 13.2. The number of rotatable bonds is 10. The molecule has 3 rings (SSSR count). The van der Waals surface area contributed by atoms with Crippen LogP contribution in [0, 0.1) is 5.92 Å². The van der Waals surface area contributed by atoms with Gasteiger partial charge in [-0.25, -0.2) is 14.3 Å². The van der Waals surface area contributed by atoms with Crippen molar-refractivity contribution < 1.29 is 13.2 Å². The molecule has 186 valence electrons. The Bertz CT molecular complexity index is 1110. The van der Waals surface area contributed by atoms with E-state index >= 15 is 0 Å². The first kappa shape index (κ1) is 25.9. The van der Waals surface area contributed by atoms with Gasteiger partial charge in [-0.1, -0.05) is 31.2 Å². The van der Waals surface area contributed by atoms with E-state index < -0.39 is 16.1 Å². The number of hydrazine groups is 1. The minimum atomic E-state index is -3.96. The van der Waals surface area contributed by atoms with Gasteiger partial charge in [0.05, 0.1) is 11.2 Å². The van der Waals surface area contributed by atoms with Gasteiger partial charge in [0.2, 0.25) is 15.9 Å². The van der Waals surface area contributed by atoms with Crippen molar-refractivity contribution in [2.45, 2.75) is 43.5 Å². The Balaban J connectivity index is 1.89. The van der Waals surface area contributed by atoms with E-state index in [0.717, 1.165) is 23.9 Å². The molecular weight excluding hydrogens is 452 g/mol. The summed E-state index contributed by atoms with van der Waals surface area (Å²) in [7, 11) is -0.114. The summed E-state index contributed by atoms with van der Waals surface area (Å²) in [6.45, 7) is 3.91. The van der Waals surface area contributed by atoms with E-state index in [1.165, 1.54) is 6.34 Å². The van der Waals surface area contributed by atoms with Crippen molar-refractivity contribution in [1.29, 1.82) is 0 Å². The standard InChI is InChI=1S/C24H36N6O3S/c1-18-12-15-30(16-13-18)24(31)21(9-6-14-26-17-27-25)28-34(32,33)23-11-5-7-19-20(23)8-4-10-22(19)29(2)3/h4-5,7-8,10-11,17-18,21,28H,6,9,12-16,25H2,1-3H3,(H,26,27). The molecule has 0 bridgehead atoms. The highest BCUT2D eigenvalue weighted by molar-refractivity contribution is 7.89. The van der Waals surface area contributed by atoms with Crippen molar-refractivity contribution in [3.63, 3.8) is 0 Å². The average Bonchev–Trinajstić information content (AvgIpc) is 2.82. The van der Waals surface area contributed by atoms with Gasteiger partial charge < -0.3 is 15.2 Å². The summed E-state index contributed by atoms with van der Waals surface area (Å²) >= 11 is 0. The number of hydrogen-bond acceptors (Lipinski definition) is 6. The summed E-state index contributed by atoms with van der Waals surface area (Å²) in [6.07, 6.45) is 4.12. The number of nitrogens with zero attached hydrogens (tertiary/aromatic N) is 3. The number of anilines is 1. The Kier molecular flexibility index (Phi) is 8.87. The Hall–Kier alpha value is -2.69. The van der Waals surface area contributed by atoms with E-state index in [2.05, 4.69) is 22.1 Å². The van der Waals surface area contributed by atoms with Crippen molar-refractivity contribution in [1.82, 2.24) is 15.0 Å². The van der Waals surface area contributed by atoms with E-state index in [0.29, 0.717) is 43.8 Å². The van der Waals surface area contributed by atoms with Crippen molar-refractivity contribution >= 4 is 38.7 Å². The van der Waals surface area contributed by atoms with Gasteiger partial charge in [0, 0.05) is 50.2 Å². The molecule has 0 saturated carbocycles. The summed E-state index contributed by atoms with van der Waals surface area (Å²) in [4.78, 5) is 21.4. The number of carbonyl (C=O) groups is 1. The maximum Gasteiger partial charge on any atom is 0.241 e. The SMILES string of the molecule is CC1CCN(C(=O)C(CCCN=CNN)NS(=O)(=O)c2cccc3c(N(C)C)cccc23)CC1. The molecule has 0 radical (unpaired) electrons. The van der Waals surface area contributed by atoms with Crippen molar-refractivity contribution in [3.05, 3.63) is 36.4 Å². The Labute approximate surface area is 202 Å². The quantitative estimate of drug-likeness (QED) is 0.155. The molecule has 1 saturated heterocycles. The van der Waals surface area contributed by atoms with Gasteiger partial charge in [-0.3, -0.25) is 9.79 Å². The molecule has 0 spiro atoms. The second-order valence-corrected chi connectivity index (χ2v) is 10.7. The molecule has 0 aromatic heterocycles. The van der Waals surface area contributed by atoms with Crippen LogP contribution in [0.15, 0.2) is 46.3 Å². The molecule has 1 fully saturated rings. The van der Waals surface area contributed by atoms with E-state index in [1.807, 2.05) is 37.2 Å². The summed E-state index contributed by atoms with van der Waals surface area (Å²) in [5, 5.41) is 1.46. The predicted molar refractivity (Wildman–Crippen MR) is 137 cm³/mol. The van der Waals surface area contributed by atoms with Crippen LogP contribution in [0.5, 0.6) is 0 Å². The van der Waals surface area contributed by atoms with Crippen LogP contribution in [0.3, 0.4) is 0 Å². The Morgan fingerprint density at radius 1 is 1.21 bits per heavy atom. The van der Waals surface area contributed by atoms with Crippen LogP contribution in [0.4, 0.5) is 5.69 Å². The fourth-order valence-electron chi connectivity index (χ4n) is 4.33. The second-order valence-electron chi connectivity index (χ2n) is 9.05. The van der Waals surface area contributed by atoms with Crippen molar-refractivity contribution in [2.24, 2.45) is 16.8 Å². The number of fused-ring (bicyclic) bond motifs is 1. The molecule has 1 atom stereocenters. The lowest BCUT2D eigenvalue weighted by Crippen LogP contribution is -2.50. The Morgan fingerprint density at radius 3 is 2.56 bits per heavy atom. The predicted octanol–water partition coefficient (Wildman–Crippen LogP) is 2.08. The first-order chi connectivity index (χ1) is 16.2. The maximum atomic E-state index is 13.6. The zero-order valence-corrected chi connectivity index (χ0v) is 21.0. The molecule has 1 unspecified atom stereocenters. The topological polar surface area (TPSA) is 120 Å². The largest absolute Gasteiger partial charge is 0.377 e. The number of sulfonamides is 1. The van der Waals surface area contributed by atoms with Gasteiger partial charge >= 0.3 is 0 Å². The number of nitrogens with two attached hydrogens (primary N) is 1. The fraction of sp³-hybridized carbons (Fsp3) is 0.500. The number of likely N-dealkylation sites (tertiary alicyclic amines) is 1. The number of aliphatic imine (C=N–C) groups is 1. The number of hydrogen-bond donors (Lipinski definition) is 3. The van der Waals surface area contributed by atoms with Gasteiger partial charge in [-0.05, 0) is 43.7 Å². The number of amides is 1. The van der Waals surface area contributed by atoms with Gasteiger partial charge in [-0.15, -0.1) is 0 Å². The maximum absolute atomic E-state index is 13.6. The second kappa shape index (κ2) is 11.6. The van der Waals surface area contributed by atoms with Crippen LogP contribution in [-0.2, 0) is 14.8 Å². The average molecular weight is 489 g/mol. The summed E-state index contributed by atoms with van der Waals surface area (Å²) < 4.78 is 29.8. The first-order valence-electron chi connectivity index (χ1n) is 11.7. The van der Waals surface area contributed by atoms with E-state index in [9.17, 15) is 13.2 Å². The van der Waals surface area contributed by atoms with Crippen molar-refractivity contribution in [2.75, 3.05) is 38.6 Å². The highest BCUT2D eigenvalue weighted by Crippen LogP contribution is 2.30. The minimum absolute atomic E-state index is 0.170. The molecule has 1 aliphatic rings. The Morgan fingerprint density at radius 2 is 1.88 bits per heavy atom. The third-order valence-corrected chi connectivity index (χ3v) is 7.80. The normalized spacial score (nSPS) is 16.2. The van der Waals surface area contributed by atoms with Crippen LogP contribution in [0.25, 0.3) is 10.8 Å². The van der Waals surface area contributed by atoms with Gasteiger partial charge in [0.1, 0.15) is 6.04 Å². The molecule has 1 aliphatic heterocycles. The van der Waals surface area contributed by atoms with Crippen LogP contribution in [0.2, 0.25) is 0 Å². The highest BCUT2D eigenvalue weighted by Gasteiger charge is 2.31. The van der Waals surface area contributed by atoms with Crippen LogP contribution >= 0.6 is 0 Å². The number of nitrogens with one attached hydrogen (secondary N) is 2. The molecule has 1 amide bonds. The molecule has 1 heterocycles. The number of piperidine rings is 1. The van der Waals surface area contributed by atoms with Crippen LogP contribution in [0.1, 0.15) is 32.6 Å². The highest BCUT2D eigenvalue weighted by atomic mass is 32.2. The molecule has 4 N–H and O–H groups in total. The summed E-state index contributed by atoms with van der Waals surface area (Å²) in [6, 6.07) is 9.97. The number of benzene rings is 2. The fourth-order valence-corrected chi connectivity index (χ4v) is 5.77. The molecule has 2 aromatic rings. The zero-order valence-electron chi connectivity index (χ0n) is 20.2. The number of carbonyl (C=O) groups excluding carboxylic acids is 1. The molecule has 0 aliphatic carbocycles. The summed E-state index contributed by atoms with van der Waals surface area (Å²) in [5.41, 5.74) is 3.27. The van der Waals surface area contributed by atoms with Gasteiger partial charge in [-0.2, -0.15) is 4.72 Å². The lowest BCUT2D eigenvalue weighted by atomic mass is 9.98. The monoisotopic (exact) mass is 488 g/mol. The smallest absolute Gasteiger partial charge is 0.241 e. The zero-order chi connectivity index (χ0) is 24.7. The van der Waals surface area contributed by atoms with E-state index in [4.69, 9.17) is 5.84 Å². The lowest BCUT2D eigenvalue weighted by molar-refractivity contribution is -0.134. The lowest BCUT2D eigenvalue weighted by Gasteiger charge is -2.33. The molecular formula is C24H36N6O3S.